The average molecular weight is 127 g/mol. The molecule has 0 aliphatic heterocycles. The van der Waals surface area contributed by atoms with Gasteiger partial charge in [0, 0.05) is 0 Å². The minimum Gasteiger partial charge on any atom is -0.399 e. The van der Waals surface area contributed by atoms with Crippen molar-refractivity contribution in [3.63, 3.8) is 0 Å². The summed E-state index contributed by atoms with van der Waals surface area (Å²) in [7, 11) is 1.53. The van der Waals surface area contributed by atoms with Gasteiger partial charge in [-0.3, -0.25) is 0 Å². The normalized spacial score (nSPS) is 11.8. The van der Waals surface area contributed by atoms with Crippen LogP contribution in [0.15, 0.2) is 17.8 Å². The van der Waals surface area contributed by atoms with E-state index in [1.54, 1.807) is 6.08 Å². The zero-order valence-corrected chi connectivity index (χ0v) is 6.22. The highest BCUT2D eigenvalue weighted by Crippen LogP contribution is 1.97. The van der Waals surface area contributed by atoms with E-state index in [0.717, 1.165) is 5.71 Å². The molecule has 0 saturated carbocycles. The molecule has 0 spiro atoms. The van der Waals surface area contributed by atoms with Crippen LogP contribution in [0.25, 0.3) is 0 Å². The molecule has 0 aromatic rings. The van der Waals surface area contributed by atoms with Crippen LogP contribution in [0, 0.1) is 5.92 Å². The van der Waals surface area contributed by atoms with E-state index >= 15 is 0 Å². The molecule has 0 N–H and O–H groups in total. The van der Waals surface area contributed by atoms with Crippen LogP contribution in [-0.2, 0) is 4.84 Å². The Morgan fingerprint density at radius 3 is 2.33 bits per heavy atom. The molecule has 0 rings (SSSR count). The lowest BCUT2D eigenvalue weighted by molar-refractivity contribution is 0.212. The summed E-state index contributed by atoms with van der Waals surface area (Å²) in [5, 5.41) is 3.74. The fourth-order valence-electron chi connectivity index (χ4n) is 0.484. The molecule has 0 radical (unpaired) electrons. The maximum Gasteiger partial charge on any atom is 0.106 e. The van der Waals surface area contributed by atoms with Gasteiger partial charge in [0.25, 0.3) is 0 Å². The SMILES string of the molecule is C=C/C(=N\OC)C(C)C. The largest absolute Gasteiger partial charge is 0.399 e. The third-order valence-electron chi connectivity index (χ3n) is 0.997. The highest BCUT2D eigenvalue weighted by molar-refractivity contribution is 5.95. The first-order valence-corrected chi connectivity index (χ1v) is 2.95. The van der Waals surface area contributed by atoms with E-state index in [-0.39, 0.29) is 0 Å². The molecule has 0 saturated heterocycles. The molecule has 0 amide bonds. The molecule has 0 aliphatic rings. The molecule has 2 heteroatoms. The van der Waals surface area contributed by atoms with Crippen LogP contribution in [0.5, 0.6) is 0 Å². The Hall–Kier alpha value is -0.790. The zero-order valence-electron chi connectivity index (χ0n) is 6.22. The van der Waals surface area contributed by atoms with Crippen molar-refractivity contribution in [3.8, 4) is 0 Å². The van der Waals surface area contributed by atoms with Crippen LogP contribution in [0.3, 0.4) is 0 Å². The molecule has 0 aromatic carbocycles. The first-order valence-electron chi connectivity index (χ1n) is 2.95. The second-order valence-electron chi connectivity index (χ2n) is 2.06. The second kappa shape index (κ2) is 4.13. The van der Waals surface area contributed by atoms with Crippen molar-refractivity contribution in [1.29, 1.82) is 0 Å². The molecule has 0 aliphatic carbocycles. The van der Waals surface area contributed by atoms with Crippen molar-refractivity contribution >= 4 is 5.71 Å². The highest BCUT2D eigenvalue weighted by atomic mass is 16.6. The van der Waals surface area contributed by atoms with Crippen molar-refractivity contribution in [3.05, 3.63) is 12.7 Å². The van der Waals surface area contributed by atoms with E-state index in [1.807, 2.05) is 13.8 Å². The van der Waals surface area contributed by atoms with Crippen molar-refractivity contribution in [2.45, 2.75) is 13.8 Å². The van der Waals surface area contributed by atoms with E-state index in [2.05, 4.69) is 16.6 Å². The Balaban J connectivity index is 3.97. The third-order valence-corrected chi connectivity index (χ3v) is 0.997. The molecule has 0 atom stereocenters. The highest BCUT2D eigenvalue weighted by Gasteiger charge is 1.98. The summed E-state index contributed by atoms with van der Waals surface area (Å²) in [5.74, 6) is 0.391. The number of oxime groups is 1. The van der Waals surface area contributed by atoms with Gasteiger partial charge in [0.15, 0.2) is 0 Å². The summed E-state index contributed by atoms with van der Waals surface area (Å²) in [6.07, 6.45) is 1.70. The summed E-state index contributed by atoms with van der Waals surface area (Å²) in [6, 6.07) is 0. The van der Waals surface area contributed by atoms with Gasteiger partial charge >= 0.3 is 0 Å². The van der Waals surface area contributed by atoms with Gasteiger partial charge in [-0.15, -0.1) is 0 Å². The Bertz CT molecular complexity index is 116. The molecule has 0 aromatic heterocycles. The van der Waals surface area contributed by atoms with Crippen LogP contribution in [0.2, 0.25) is 0 Å². The van der Waals surface area contributed by atoms with Crippen LogP contribution < -0.4 is 0 Å². The smallest absolute Gasteiger partial charge is 0.106 e. The van der Waals surface area contributed by atoms with E-state index in [9.17, 15) is 0 Å². The molecule has 9 heavy (non-hydrogen) atoms. The molecule has 0 heterocycles. The standard InChI is InChI=1S/C7H13NO/c1-5-7(6(2)3)8-9-4/h5-6H,1H2,2-4H3/b8-7+. The molecule has 0 bridgehead atoms. The monoisotopic (exact) mass is 127 g/mol. The zero-order chi connectivity index (χ0) is 7.28. The lowest BCUT2D eigenvalue weighted by Crippen LogP contribution is -2.03. The number of hydrogen-bond donors (Lipinski definition) is 0. The van der Waals surface area contributed by atoms with Crippen LogP contribution in [0.4, 0.5) is 0 Å². The minimum absolute atomic E-state index is 0.391. The van der Waals surface area contributed by atoms with Crippen LogP contribution in [0.1, 0.15) is 13.8 Å². The van der Waals surface area contributed by atoms with Gasteiger partial charge in [-0.25, -0.2) is 0 Å². The summed E-state index contributed by atoms with van der Waals surface area (Å²) >= 11 is 0. The second-order valence-corrected chi connectivity index (χ2v) is 2.06. The molecular formula is C7H13NO. The topological polar surface area (TPSA) is 21.6 Å². The number of allylic oxidation sites excluding steroid dienone is 1. The van der Waals surface area contributed by atoms with Gasteiger partial charge in [-0.1, -0.05) is 25.6 Å². The summed E-state index contributed by atoms with van der Waals surface area (Å²) in [6.45, 7) is 7.67. The molecule has 2 nitrogen and oxygen atoms in total. The predicted molar refractivity (Wildman–Crippen MR) is 39.5 cm³/mol. The summed E-state index contributed by atoms with van der Waals surface area (Å²) in [5.41, 5.74) is 0.887. The van der Waals surface area contributed by atoms with Gasteiger partial charge in [0.1, 0.15) is 7.11 Å². The average Bonchev–Trinajstić information content (AvgIpc) is 1.82. The predicted octanol–water partition coefficient (Wildman–Crippen LogP) is 1.83. The molecule has 52 valence electrons. The summed E-state index contributed by atoms with van der Waals surface area (Å²) < 4.78 is 0. The number of hydrogen-bond acceptors (Lipinski definition) is 2. The van der Waals surface area contributed by atoms with Crippen molar-refractivity contribution in [2.75, 3.05) is 7.11 Å². The van der Waals surface area contributed by atoms with Gasteiger partial charge < -0.3 is 4.84 Å². The number of rotatable bonds is 3. The molecule has 0 fully saturated rings. The van der Waals surface area contributed by atoms with Crippen LogP contribution in [-0.4, -0.2) is 12.8 Å². The Morgan fingerprint density at radius 2 is 2.22 bits per heavy atom. The van der Waals surface area contributed by atoms with E-state index in [4.69, 9.17) is 0 Å². The van der Waals surface area contributed by atoms with E-state index < -0.39 is 0 Å². The van der Waals surface area contributed by atoms with E-state index in [1.165, 1.54) is 7.11 Å². The maximum absolute atomic E-state index is 4.57. The molecule has 0 unspecified atom stereocenters. The first kappa shape index (κ1) is 8.21. The van der Waals surface area contributed by atoms with Gasteiger partial charge in [0.05, 0.1) is 5.71 Å². The summed E-state index contributed by atoms with van der Waals surface area (Å²) in [4.78, 5) is 4.57. The van der Waals surface area contributed by atoms with Crippen molar-refractivity contribution in [2.24, 2.45) is 11.1 Å². The lowest BCUT2D eigenvalue weighted by atomic mass is 10.1. The Morgan fingerprint density at radius 1 is 1.67 bits per heavy atom. The first-order chi connectivity index (χ1) is 4.22. The molecular weight excluding hydrogens is 114 g/mol. The van der Waals surface area contributed by atoms with Gasteiger partial charge in [-0.05, 0) is 12.0 Å². The van der Waals surface area contributed by atoms with Crippen molar-refractivity contribution in [1.82, 2.24) is 0 Å². The van der Waals surface area contributed by atoms with Gasteiger partial charge in [-0.2, -0.15) is 0 Å². The lowest BCUT2D eigenvalue weighted by Gasteiger charge is -2.01. The van der Waals surface area contributed by atoms with Crippen molar-refractivity contribution < 1.29 is 4.84 Å². The fraction of sp³-hybridized carbons (Fsp3) is 0.571. The van der Waals surface area contributed by atoms with Gasteiger partial charge in [0.2, 0.25) is 0 Å². The fourth-order valence-corrected chi connectivity index (χ4v) is 0.484. The Labute approximate surface area is 56.2 Å². The Kier molecular flexibility index (Phi) is 3.76. The maximum atomic E-state index is 4.57. The minimum atomic E-state index is 0.391. The third kappa shape index (κ3) is 2.90. The number of nitrogens with zero attached hydrogens (tertiary/aromatic N) is 1. The quantitative estimate of drug-likeness (QED) is 0.418. The van der Waals surface area contributed by atoms with E-state index in [0.29, 0.717) is 5.92 Å². The van der Waals surface area contributed by atoms with Crippen LogP contribution >= 0.6 is 0 Å².